The average molecular weight is 563 g/mol. The number of halogens is 3. The summed E-state index contributed by atoms with van der Waals surface area (Å²) in [7, 11) is -1.33. The number of nitrogen functional groups attached to an aromatic ring is 1. The maximum atomic E-state index is 14.1. The van der Waals surface area contributed by atoms with Gasteiger partial charge in [0.25, 0.3) is 5.91 Å². The van der Waals surface area contributed by atoms with E-state index in [4.69, 9.17) is 19.9 Å². The minimum Gasteiger partial charge on any atom is -0.491 e. The van der Waals surface area contributed by atoms with Crippen molar-refractivity contribution in [3.8, 4) is 5.75 Å². The highest BCUT2D eigenvalue weighted by Crippen LogP contribution is 2.41. The van der Waals surface area contributed by atoms with E-state index in [0.29, 0.717) is 49.0 Å². The molecule has 1 amide bonds. The summed E-state index contributed by atoms with van der Waals surface area (Å²) in [5, 5.41) is 0. The molecular weight excluding hydrogens is 529 g/mol. The first-order chi connectivity index (χ1) is 18.4. The van der Waals surface area contributed by atoms with Gasteiger partial charge in [-0.25, -0.2) is 4.98 Å². The molecule has 8 nitrogen and oxygen atoms in total. The zero-order valence-electron chi connectivity index (χ0n) is 22.5. The molecule has 1 atom stereocenters. The molecule has 0 spiro atoms. The summed E-state index contributed by atoms with van der Waals surface area (Å²) in [4.78, 5) is 20.3. The van der Waals surface area contributed by atoms with Crippen LogP contribution in [0.1, 0.15) is 45.7 Å². The lowest BCUT2D eigenvalue weighted by Gasteiger charge is -2.27. The molecule has 39 heavy (non-hydrogen) atoms. The molecule has 0 saturated carbocycles. The molecule has 2 aliphatic rings. The van der Waals surface area contributed by atoms with E-state index in [1.807, 2.05) is 11.5 Å². The molecule has 0 fully saturated rings. The first kappa shape index (κ1) is 27.5. The molecule has 12 heteroatoms. The fraction of sp³-hybridized carbons (Fsp3) is 0.481. The number of ether oxygens (including phenoxy) is 3. The van der Waals surface area contributed by atoms with Crippen molar-refractivity contribution in [1.29, 1.82) is 0 Å². The van der Waals surface area contributed by atoms with Gasteiger partial charge in [0, 0.05) is 37.9 Å². The Morgan fingerprint density at radius 2 is 1.97 bits per heavy atom. The third-order valence-corrected chi connectivity index (χ3v) is 8.98. The van der Waals surface area contributed by atoms with E-state index in [1.165, 1.54) is 6.07 Å². The van der Waals surface area contributed by atoms with Crippen molar-refractivity contribution in [2.75, 3.05) is 25.5 Å². The Morgan fingerprint density at radius 3 is 2.67 bits per heavy atom. The van der Waals surface area contributed by atoms with Gasteiger partial charge in [-0.3, -0.25) is 4.79 Å². The van der Waals surface area contributed by atoms with E-state index in [1.54, 1.807) is 11.0 Å². The molecule has 0 saturated heterocycles. The largest absolute Gasteiger partial charge is 0.491 e. The number of amides is 1. The molecule has 0 unspecified atom stereocenters. The van der Waals surface area contributed by atoms with Crippen LogP contribution < -0.4 is 10.5 Å². The van der Waals surface area contributed by atoms with Gasteiger partial charge in [0.15, 0.2) is 0 Å². The minimum atomic E-state index is -4.48. The van der Waals surface area contributed by atoms with E-state index in [0.717, 1.165) is 34.8 Å². The lowest BCUT2D eigenvalue weighted by Crippen LogP contribution is -2.37. The highest BCUT2D eigenvalue weighted by atomic mass is 28.3. The highest BCUT2D eigenvalue weighted by molar-refractivity contribution is 6.76. The number of rotatable bonds is 8. The monoisotopic (exact) mass is 562 g/mol. The van der Waals surface area contributed by atoms with Gasteiger partial charge in [-0.1, -0.05) is 25.7 Å². The Morgan fingerprint density at radius 1 is 1.23 bits per heavy atom. The van der Waals surface area contributed by atoms with Crippen LogP contribution in [0, 0.1) is 0 Å². The van der Waals surface area contributed by atoms with Crippen LogP contribution in [0.2, 0.25) is 25.7 Å². The van der Waals surface area contributed by atoms with Gasteiger partial charge in [-0.05, 0) is 31.2 Å². The molecule has 0 aliphatic carbocycles. The molecule has 1 aromatic carbocycles. The Kier molecular flexibility index (Phi) is 7.14. The Balaban J connectivity index is 1.51. The second-order valence-corrected chi connectivity index (χ2v) is 16.8. The summed E-state index contributed by atoms with van der Waals surface area (Å²) in [6.45, 7) is 10.5. The number of pyridine rings is 1. The van der Waals surface area contributed by atoms with Gasteiger partial charge in [0.05, 0.1) is 35.9 Å². The number of alkyl halides is 3. The zero-order valence-corrected chi connectivity index (χ0v) is 23.5. The SMILES string of the molecule is CCN(C(=O)c1cc2nc(N)c3c(c2n1COCC[Si](C)(C)C)COC3)[C@@H]1COc2cc(C(F)(F)F)ccc21. The molecule has 2 aromatic heterocycles. The number of hydrogen-bond acceptors (Lipinski definition) is 6. The van der Waals surface area contributed by atoms with Crippen molar-refractivity contribution < 1.29 is 32.2 Å². The summed E-state index contributed by atoms with van der Waals surface area (Å²) in [6.07, 6.45) is -4.48. The van der Waals surface area contributed by atoms with Crippen LogP contribution in [-0.4, -0.2) is 48.2 Å². The van der Waals surface area contributed by atoms with Crippen LogP contribution in [0.4, 0.5) is 19.0 Å². The summed E-state index contributed by atoms with van der Waals surface area (Å²) >= 11 is 0. The van der Waals surface area contributed by atoms with Crippen LogP contribution in [0.15, 0.2) is 24.3 Å². The fourth-order valence-corrected chi connectivity index (χ4v) is 5.89. The number of nitrogens with two attached hydrogens (primary N) is 1. The zero-order chi connectivity index (χ0) is 28.1. The first-order valence-electron chi connectivity index (χ1n) is 13.0. The number of anilines is 1. The third kappa shape index (κ3) is 5.24. The normalized spacial score (nSPS) is 16.8. The van der Waals surface area contributed by atoms with E-state index in [9.17, 15) is 18.0 Å². The number of carbonyl (C=O) groups is 1. The number of aromatic nitrogens is 2. The van der Waals surface area contributed by atoms with Gasteiger partial charge in [0.1, 0.15) is 30.6 Å². The summed E-state index contributed by atoms with van der Waals surface area (Å²) in [5.74, 6) is 0.217. The minimum absolute atomic E-state index is 0.0671. The van der Waals surface area contributed by atoms with E-state index < -0.39 is 25.9 Å². The number of hydrogen-bond donors (Lipinski definition) is 1. The summed E-state index contributed by atoms with van der Waals surface area (Å²) < 4.78 is 58.9. The van der Waals surface area contributed by atoms with E-state index >= 15 is 0 Å². The van der Waals surface area contributed by atoms with Gasteiger partial charge < -0.3 is 29.4 Å². The van der Waals surface area contributed by atoms with Crippen LogP contribution in [0.3, 0.4) is 0 Å². The summed E-state index contributed by atoms with van der Waals surface area (Å²) in [6, 6.07) is 5.56. The Hall–Kier alpha value is -3.09. The topological polar surface area (TPSA) is 91.8 Å². The molecule has 4 heterocycles. The van der Waals surface area contributed by atoms with E-state index in [2.05, 4.69) is 24.6 Å². The van der Waals surface area contributed by atoms with Gasteiger partial charge in [0.2, 0.25) is 0 Å². The number of likely N-dealkylation sites (N-methyl/N-ethyl adjacent to an activating group) is 1. The number of benzene rings is 1. The summed E-state index contributed by atoms with van der Waals surface area (Å²) in [5.41, 5.74) is 9.36. The molecule has 0 bridgehead atoms. The molecule has 0 radical (unpaired) electrons. The fourth-order valence-electron chi connectivity index (χ4n) is 5.13. The van der Waals surface area contributed by atoms with Gasteiger partial charge in [-0.2, -0.15) is 13.2 Å². The predicted molar refractivity (Wildman–Crippen MR) is 143 cm³/mol. The lowest BCUT2D eigenvalue weighted by molar-refractivity contribution is -0.137. The van der Waals surface area contributed by atoms with Crippen molar-refractivity contribution in [3.63, 3.8) is 0 Å². The first-order valence-corrected chi connectivity index (χ1v) is 16.7. The van der Waals surface area contributed by atoms with Crippen LogP contribution in [0.25, 0.3) is 11.0 Å². The van der Waals surface area contributed by atoms with Crippen molar-refractivity contribution in [1.82, 2.24) is 14.5 Å². The quantitative estimate of drug-likeness (QED) is 0.285. The van der Waals surface area contributed by atoms with Crippen LogP contribution in [-0.2, 0) is 35.6 Å². The molecule has 2 aliphatic heterocycles. The Labute approximate surface area is 225 Å². The molecule has 3 aromatic rings. The van der Waals surface area contributed by atoms with Crippen molar-refractivity contribution in [2.24, 2.45) is 0 Å². The highest BCUT2D eigenvalue weighted by Gasteiger charge is 2.37. The second kappa shape index (κ2) is 10.1. The average Bonchev–Trinajstić information content (AvgIpc) is 3.58. The van der Waals surface area contributed by atoms with Crippen LogP contribution >= 0.6 is 0 Å². The van der Waals surface area contributed by atoms with Crippen LogP contribution in [0.5, 0.6) is 5.75 Å². The molecule has 210 valence electrons. The standard InChI is InChI=1S/C27H33F3N4O4Si/c1-5-33(22-14-38-23-10-16(27(28,29)30)6-7-17(22)23)26(35)21-11-20-24(18-12-37-13-19(18)25(31)32-20)34(21)15-36-8-9-39(2,3)4/h6-7,10-11,22H,5,8-9,12-15H2,1-4H3,(H2,31,32)/t22-/m1/s1. The smallest absolute Gasteiger partial charge is 0.416 e. The Bertz CT molecular complexity index is 1420. The third-order valence-electron chi connectivity index (χ3n) is 7.28. The molecular formula is C27H33F3N4O4Si. The lowest BCUT2D eigenvalue weighted by atomic mass is 10.0. The number of nitrogens with zero attached hydrogens (tertiary/aromatic N) is 3. The molecule has 5 rings (SSSR count). The maximum absolute atomic E-state index is 14.1. The van der Waals surface area contributed by atoms with Crippen molar-refractivity contribution in [2.45, 2.75) is 64.8 Å². The van der Waals surface area contributed by atoms with Crippen molar-refractivity contribution >= 4 is 30.8 Å². The number of fused-ring (bicyclic) bond motifs is 4. The van der Waals surface area contributed by atoms with Crippen molar-refractivity contribution in [3.05, 3.63) is 52.2 Å². The predicted octanol–water partition coefficient (Wildman–Crippen LogP) is 5.58. The number of carbonyl (C=O) groups excluding carboxylic acids is 1. The second-order valence-electron chi connectivity index (χ2n) is 11.2. The van der Waals surface area contributed by atoms with Gasteiger partial charge >= 0.3 is 6.18 Å². The molecule has 2 N–H and O–H groups in total. The van der Waals surface area contributed by atoms with Gasteiger partial charge in [-0.15, -0.1) is 0 Å². The van der Waals surface area contributed by atoms with E-state index in [-0.39, 0.29) is 25.0 Å². The maximum Gasteiger partial charge on any atom is 0.416 e.